The summed E-state index contributed by atoms with van der Waals surface area (Å²) in [6.45, 7) is 7.54. The molecule has 0 radical (unpaired) electrons. The maximum atomic E-state index is 4.33. The highest BCUT2D eigenvalue weighted by atomic mass is 127. The monoisotopic (exact) mass is 487 g/mol. The molecule has 1 saturated heterocycles. The summed E-state index contributed by atoms with van der Waals surface area (Å²) in [7, 11) is 6.02. The van der Waals surface area contributed by atoms with E-state index in [1.165, 1.54) is 43.5 Å². The van der Waals surface area contributed by atoms with E-state index in [1.807, 2.05) is 7.05 Å². The van der Waals surface area contributed by atoms with Gasteiger partial charge in [0.25, 0.3) is 0 Å². The molecule has 1 aliphatic heterocycles. The van der Waals surface area contributed by atoms with Crippen LogP contribution < -0.4 is 10.6 Å². The van der Waals surface area contributed by atoms with Gasteiger partial charge in [-0.2, -0.15) is 0 Å². The Labute approximate surface area is 183 Å². The Hall–Kier alpha value is -0.860. The molecule has 6 heteroatoms. The topological polar surface area (TPSA) is 42.9 Å². The zero-order chi connectivity index (χ0) is 18.8. The van der Waals surface area contributed by atoms with Gasteiger partial charge in [-0.05, 0) is 58.0 Å². The zero-order valence-electron chi connectivity index (χ0n) is 17.5. The van der Waals surface area contributed by atoms with Crippen LogP contribution in [0.4, 0.5) is 0 Å². The second kappa shape index (κ2) is 13.3. The van der Waals surface area contributed by atoms with Crippen molar-refractivity contribution in [2.75, 3.05) is 40.8 Å². The Morgan fingerprint density at radius 3 is 2.48 bits per heavy atom. The van der Waals surface area contributed by atoms with Crippen molar-refractivity contribution in [3.63, 3.8) is 0 Å². The van der Waals surface area contributed by atoms with Crippen LogP contribution in [0.2, 0.25) is 0 Å². The molecule has 154 valence electrons. The molecule has 0 amide bonds. The van der Waals surface area contributed by atoms with Gasteiger partial charge in [0.15, 0.2) is 5.96 Å². The van der Waals surface area contributed by atoms with Crippen molar-refractivity contribution in [3.05, 3.63) is 35.4 Å². The van der Waals surface area contributed by atoms with Crippen molar-refractivity contribution in [1.82, 2.24) is 20.4 Å². The number of hydrogen-bond acceptors (Lipinski definition) is 3. The molecule has 1 aromatic rings. The summed E-state index contributed by atoms with van der Waals surface area (Å²) < 4.78 is 0. The maximum Gasteiger partial charge on any atom is 0.191 e. The molecule has 27 heavy (non-hydrogen) atoms. The van der Waals surface area contributed by atoms with E-state index >= 15 is 0 Å². The number of halogens is 1. The molecule has 1 unspecified atom stereocenters. The summed E-state index contributed by atoms with van der Waals surface area (Å²) in [4.78, 5) is 9.14. The molecule has 5 nitrogen and oxygen atoms in total. The molecule has 0 aromatic heterocycles. The molecule has 1 heterocycles. The molecule has 1 atom stereocenters. The van der Waals surface area contributed by atoms with Gasteiger partial charge in [-0.15, -0.1) is 24.0 Å². The Morgan fingerprint density at radius 1 is 1.15 bits per heavy atom. The van der Waals surface area contributed by atoms with Crippen LogP contribution in [0.15, 0.2) is 29.3 Å². The van der Waals surface area contributed by atoms with E-state index < -0.39 is 0 Å². The SMILES string of the molecule is CN=C(NCCCN1CCCCC1C)NCc1ccc(CN(C)C)cc1.I. The number of benzene rings is 1. The fourth-order valence-electron chi connectivity index (χ4n) is 3.51. The van der Waals surface area contributed by atoms with Crippen molar-refractivity contribution in [2.45, 2.75) is 51.7 Å². The molecule has 0 spiro atoms. The van der Waals surface area contributed by atoms with Crippen LogP contribution in [-0.2, 0) is 13.1 Å². The number of likely N-dealkylation sites (tertiary alicyclic amines) is 1. The van der Waals surface area contributed by atoms with Gasteiger partial charge in [-0.25, -0.2) is 0 Å². The lowest BCUT2D eigenvalue weighted by atomic mass is 10.0. The van der Waals surface area contributed by atoms with Gasteiger partial charge in [0.05, 0.1) is 0 Å². The summed E-state index contributed by atoms with van der Waals surface area (Å²) in [6, 6.07) is 9.53. The van der Waals surface area contributed by atoms with Gasteiger partial charge in [-0.3, -0.25) is 4.99 Å². The van der Waals surface area contributed by atoms with E-state index in [0.717, 1.165) is 38.1 Å². The Kier molecular flexibility index (Phi) is 11.9. The van der Waals surface area contributed by atoms with Crippen molar-refractivity contribution in [3.8, 4) is 0 Å². The first-order valence-corrected chi connectivity index (χ1v) is 9.99. The maximum absolute atomic E-state index is 4.33. The summed E-state index contributed by atoms with van der Waals surface area (Å²) in [5, 5.41) is 6.85. The van der Waals surface area contributed by atoms with Gasteiger partial charge >= 0.3 is 0 Å². The first-order chi connectivity index (χ1) is 12.6. The molecule has 0 aliphatic carbocycles. The first kappa shape index (κ1) is 24.2. The third-order valence-corrected chi connectivity index (χ3v) is 5.06. The normalized spacial score (nSPS) is 18.3. The number of rotatable bonds is 8. The third-order valence-electron chi connectivity index (χ3n) is 5.06. The third kappa shape index (κ3) is 9.25. The second-order valence-corrected chi connectivity index (χ2v) is 7.64. The number of nitrogens with zero attached hydrogens (tertiary/aromatic N) is 3. The van der Waals surface area contributed by atoms with E-state index in [-0.39, 0.29) is 24.0 Å². The van der Waals surface area contributed by atoms with E-state index in [2.05, 4.69) is 70.7 Å². The van der Waals surface area contributed by atoms with Crippen LogP contribution in [0.3, 0.4) is 0 Å². The minimum Gasteiger partial charge on any atom is -0.356 e. The Bertz CT molecular complexity index is 544. The number of aliphatic imine (C=N–C) groups is 1. The van der Waals surface area contributed by atoms with Crippen molar-refractivity contribution >= 4 is 29.9 Å². The molecule has 2 rings (SSSR count). The fraction of sp³-hybridized carbons (Fsp3) is 0.667. The quantitative estimate of drug-likeness (QED) is 0.256. The smallest absolute Gasteiger partial charge is 0.191 e. The highest BCUT2D eigenvalue weighted by molar-refractivity contribution is 14.0. The predicted molar refractivity (Wildman–Crippen MR) is 127 cm³/mol. The fourth-order valence-corrected chi connectivity index (χ4v) is 3.51. The molecular weight excluding hydrogens is 449 g/mol. The lowest BCUT2D eigenvalue weighted by molar-refractivity contribution is 0.159. The van der Waals surface area contributed by atoms with E-state index in [9.17, 15) is 0 Å². The second-order valence-electron chi connectivity index (χ2n) is 7.64. The average Bonchev–Trinajstić information content (AvgIpc) is 2.63. The van der Waals surface area contributed by atoms with Crippen LogP contribution in [0.5, 0.6) is 0 Å². The van der Waals surface area contributed by atoms with Gasteiger partial charge < -0.3 is 20.4 Å². The molecular formula is C21H38IN5. The number of piperidine rings is 1. The minimum atomic E-state index is 0. The predicted octanol–water partition coefficient (Wildman–Crippen LogP) is 3.30. The molecule has 1 aliphatic rings. The number of guanidine groups is 1. The minimum absolute atomic E-state index is 0. The summed E-state index contributed by atoms with van der Waals surface area (Å²) in [5.74, 6) is 0.883. The van der Waals surface area contributed by atoms with Crippen LogP contribution in [-0.4, -0.2) is 62.6 Å². The van der Waals surface area contributed by atoms with Crippen molar-refractivity contribution < 1.29 is 0 Å². The van der Waals surface area contributed by atoms with Crippen molar-refractivity contribution in [2.24, 2.45) is 4.99 Å². The summed E-state index contributed by atoms with van der Waals surface area (Å²) >= 11 is 0. The van der Waals surface area contributed by atoms with E-state index in [4.69, 9.17) is 0 Å². The van der Waals surface area contributed by atoms with Crippen LogP contribution >= 0.6 is 24.0 Å². The zero-order valence-corrected chi connectivity index (χ0v) is 19.8. The highest BCUT2D eigenvalue weighted by Crippen LogP contribution is 2.16. The largest absolute Gasteiger partial charge is 0.356 e. The lowest BCUT2D eigenvalue weighted by Gasteiger charge is -2.33. The summed E-state index contributed by atoms with van der Waals surface area (Å²) in [6.07, 6.45) is 5.26. The van der Waals surface area contributed by atoms with Gasteiger partial charge in [-0.1, -0.05) is 30.7 Å². The molecule has 0 saturated carbocycles. The molecule has 2 N–H and O–H groups in total. The van der Waals surface area contributed by atoms with Crippen LogP contribution in [0.25, 0.3) is 0 Å². The van der Waals surface area contributed by atoms with E-state index in [0.29, 0.717) is 0 Å². The van der Waals surface area contributed by atoms with Gasteiger partial charge in [0, 0.05) is 39.3 Å². The van der Waals surface area contributed by atoms with Crippen LogP contribution in [0.1, 0.15) is 43.7 Å². The first-order valence-electron chi connectivity index (χ1n) is 9.99. The summed E-state index contributed by atoms with van der Waals surface area (Å²) in [5.41, 5.74) is 2.62. The van der Waals surface area contributed by atoms with E-state index in [1.54, 1.807) is 0 Å². The molecule has 0 bridgehead atoms. The number of hydrogen-bond donors (Lipinski definition) is 2. The average molecular weight is 487 g/mol. The van der Waals surface area contributed by atoms with Crippen LogP contribution in [0, 0.1) is 0 Å². The standard InChI is InChI=1S/C21H37N5.HI/c1-18-8-5-6-14-26(18)15-7-13-23-21(22-2)24-16-19-9-11-20(12-10-19)17-25(3)4;/h9-12,18H,5-8,13-17H2,1-4H3,(H2,22,23,24);1H. The van der Waals surface area contributed by atoms with Gasteiger partial charge in [0.2, 0.25) is 0 Å². The van der Waals surface area contributed by atoms with Gasteiger partial charge in [0.1, 0.15) is 0 Å². The lowest BCUT2D eigenvalue weighted by Crippen LogP contribution is -2.41. The number of nitrogens with one attached hydrogen (secondary N) is 2. The van der Waals surface area contributed by atoms with Crippen molar-refractivity contribution in [1.29, 1.82) is 0 Å². The highest BCUT2D eigenvalue weighted by Gasteiger charge is 2.17. The Morgan fingerprint density at radius 2 is 1.85 bits per heavy atom. The molecule has 1 aromatic carbocycles. The molecule has 1 fully saturated rings. The Balaban J connectivity index is 0.00000364.